The van der Waals surface area contributed by atoms with E-state index in [0.717, 1.165) is 5.92 Å². The van der Waals surface area contributed by atoms with Gasteiger partial charge in [0, 0.05) is 6.10 Å². The summed E-state index contributed by atoms with van der Waals surface area (Å²) in [5.74, 6) is 0.880. The molecule has 89 valence electrons. The highest BCUT2D eigenvalue weighted by molar-refractivity contribution is 6.48. The van der Waals surface area contributed by atoms with Crippen molar-refractivity contribution >= 4 is 9.04 Å². The summed E-state index contributed by atoms with van der Waals surface area (Å²) in [5, 5.41) is 0. The molecular formula is C13H27OSi. The van der Waals surface area contributed by atoms with Crippen molar-refractivity contribution in [2.45, 2.75) is 77.5 Å². The molecule has 0 aromatic rings. The molecule has 0 bridgehead atoms. The van der Waals surface area contributed by atoms with Crippen LogP contribution in [-0.2, 0) is 4.43 Å². The standard InChI is InChI=1S/C13H27OSi/c1-4-5-11-13(14-15(2)3)12-9-7-6-8-10-12/h12-13H,4-11H2,1-3H3. The van der Waals surface area contributed by atoms with Gasteiger partial charge in [0.25, 0.3) is 0 Å². The molecule has 15 heavy (non-hydrogen) atoms. The first-order valence-corrected chi connectivity index (χ1v) is 9.11. The molecule has 2 heteroatoms. The fourth-order valence-corrected chi connectivity index (χ4v) is 3.52. The van der Waals surface area contributed by atoms with E-state index in [2.05, 4.69) is 20.0 Å². The van der Waals surface area contributed by atoms with E-state index in [1.54, 1.807) is 0 Å². The van der Waals surface area contributed by atoms with Crippen LogP contribution < -0.4 is 0 Å². The number of hydrogen-bond acceptors (Lipinski definition) is 1. The van der Waals surface area contributed by atoms with E-state index in [4.69, 9.17) is 4.43 Å². The molecule has 0 spiro atoms. The van der Waals surface area contributed by atoms with E-state index >= 15 is 0 Å². The molecule has 1 rings (SSSR count). The maximum absolute atomic E-state index is 6.19. The molecule has 1 nitrogen and oxygen atoms in total. The number of hydrogen-bond donors (Lipinski definition) is 0. The van der Waals surface area contributed by atoms with Gasteiger partial charge in [-0.1, -0.05) is 39.0 Å². The highest BCUT2D eigenvalue weighted by atomic mass is 28.3. The van der Waals surface area contributed by atoms with Gasteiger partial charge in [0.2, 0.25) is 9.04 Å². The predicted molar refractivity (Wildman–Crippen MR) is 68.5 cm³/mol. The van der Waals surface area contributed by atoms with Crippen LogP contribution in [0.15, 0.2) is 0 Å². The highest BCUT2D eigenvalue weighted by Gasteiger charge is 2.24. The second-order valence-corrected chi connectivity index (χ2v) is 7.16. The summed E-state index contributed by atoms with van der Waals surface area (Å²) in [4.78, 5) is 0. The lowest BCUT2D eigenvalue weighted by atomic mass is 9.83. The minimum Gasteiger partial charge on any atom is -0.414 e. The molecule has 1 fully saturated rings. The molecule has 1 atom stereocenters. The number of unbranched alkanes of at least 4 members (excludes halogenated alkanes) is 1. The maximum Gasteiger partial charge on any atom is 0.205 e. The van der Waals surface area contributed by atoms with E-state index in [0.29, 0.717) is 6.10 Å². The molecule has 0 amide bonds. The third-order valence-electron chi connectivity index (χ3n) is 3.40. The van der Waals surface area contributed by atoms with Crippen molar-refractivity contribution in [1.82, 2.24) is 0 Å². The lowest BCUT2D eigenvalue weighted by Crippen LogP contribution is -2.30. The molecule has 1 unspecified atom stereocenters. The molecule has 1 radical (unpaired) electrons. The summed E-state index contributed by atoms with van der Waals surface area (Å²) in [6, 6.07) is 0. The van der Waals surface area contributed by atoms with Gasteiger partial charge in [-0.25, -0.2) is 0 Å². The van der Waals surface area contributed by atoms with Crippen LogP contribution in [0.1, 0.15) is 58.3 Å². The van der Waals surface area contributed by atoms with Gasteiger partial charge in [0.1, 0.15) is 0 Å². The Morgan fingerprint density at radius 1 is 1.20 bits per heavy atom. The molecule has 0 aromatic heterocycles. The van der Waals surface area contributed by atoms with Crippen molar-refractivity contribution in [3.05, 3.63) is 0 Å². The average Bonchev–Trinajstić information content (AvgIpc) is 2.25. The van der Waals surface area contributed by atoms with Gasteiger partial charge in [0.15, 0.2) is 0 Å². The first kappa shape index (κ1) is 13.2. The summed E-state index contributed by atoms with van der Waals surface area (Å²) in [7, 11) is -0.512. The minimum absolute atomic E-state index is 0.512. The third-order valence-corrected chi connectivity index (χ3v) is 4.18. The van der Waals surface area contributed by atoms with E-state index in [1.807, 2.05) is 0 Å². The fourth-order valence-electron chi connectivity index (χ4n) is 2.60. The van der Waals surface area contributed by atoms with Crippen molar-refractivity contribution in [2.75, 3.05) is 0 Å². The molecule has 1 aliphatic rings. The Bertz CT molecular complexity index is 153. The Hall–Kier alpha value is 0.177. The van der Waals surface area contributed by atoms with Gasteiger partial charge in [0.05, 0.1) is 0 Å². The van der Waals surface area contributed by atoms with E-state index in [9.17, 15) is 0 Å². The van der Waals surface area contributed by atoms with E-state index in [-0.39, 0.29) is 0 Å². The van der Waals surface area contributed by atoms with Gasteiger partial charge in [-0.05, 0) is 38.3 Å². The first-order valence-electron chi connectivity index (χ1n) is 6.71. The summed E-state index contributed by atoms with van der Waals surface area (Å²) >= 11 is 0. The lowest BCUT2D eigenvalue weighted by Gasteiger charge is -2.31. The normalized spacial score (nSPS) is 20.8. The van der Waals surface area contributed by atoms with Gasteiger partial charge in [-0.2, -0.15) is 0 Å². The lowest BCUT2D eigenvalue weighted by molar-refractivity contribution is 0.0974. The van der Waals surface area contributed by atoms with E-state index in [1.165, 1.54) is 51.4 Å². The van der Waals surface area contributed by atoms with Crippen LogP contribution in [0.25, 0.3) is 0 Å². The van der Waals surface area contributed by atoms with Crippen molar-refractivity contribution in [1.29, 1.82) is 0 Å². The zero-order valence-electron chi connectivity index (χ0n) is 10.7. The third kappa shape index (κ3) is 5.16. The van der Waals surface area contributed by atoms with Crippen LogP contribution in [0, 0.1) is 5.92 Å². The van der Waals surface area contributed by atoms with Crippen molar-refractivity contribution < 1.29 is 4.43 Å². The molecule has 1 aliphatic carbocycles. The SMILES string of the molecule is CCCCC(O[Si](C)C)C1CCCCC1. The van der Waals surface area contributed by atoms with Crippen molar-refractivity contribution in [2.24, 2.45) is 5.92 Å². The second kappa shape index (κ2) is 7.45. The quantitative estimate of drug-likeness (QED) is 0.611. The Morgan fingerprint density at radius 3 is 2.40 bits per heavy atom. The topological polar surface area (TPSA) is 9.23 Å². The Kier molecular flexibility index (Phi) is 6.58. The highest BCUT2D eigenvalue weighted by Crippen LogP contribution is 2.30. The summed E-state index contributed by atoms with van der Waals surface area (Å²) in [6.45, 7) is 6.82. The largest absolute Gasteiger partial charge is 0.414 e. The zero-order chi connectivity index (χ0) is 11.1. The molecular weight excluding hydrogens is 200 g/mol. The van der Waals surface area contributed by atoms with Gasteiger partial charge < -0.3 is 4.43 Å². The predicted octanol–water partition coefficient (Wildman–Crippen LogP) is 4.39. The summed E-state index contributed by atoms with van der Waals surface area (Å²) in [6.07, 6.45) is 11.7. The number of rotatable bonds is 6. The van der Waals surface area contributed by atoms with E-state index < -0.39 is 9.04 Å². The molecule has 0 aliphatic heterocycles. The summed E-state index contributed by atoms with van der Waals surface area (Å²) in [5.41, 5.74) is 0. The van der Waals surface area contributed by atoms with Gasteiger partial charge in [-0.3, -0.25) is 0 Å². The Balaban J connectivity index is 2.37. The fraction of sp³-hybridized carbons (Fsp3) is 1.00. The smallest absolute Gasteiger partial charge is 0.205 e. The van der Waals surface area contributed by atoms with Crippen LogP contribution in [0.3, 0.4) is 0 Å². The zero-order valence-corrected chi connectivity index (χ0v) is 11.7. The summed E-state index contributed by atoms with van der Waals surface area (Å²) < 4.78 is 6.19. The van der Waals surface area contributed by atoms with Gasteiger partial charge in [-0.15, -0.1) is 0 Å². The Morgan fingerprint density at radius 2 is 1.87 bits per heavy atom. The monoisotopic (exact) mass is 227 g/mol. The first-order chi connectivity index (χ1) is 7.24. The van der Waals surface area contributed by atoms with Crippen LogP contribution in [0.4, 0.5) is 0 Å². The van der Waals surface area contributed by atoms with Crippen LogP contribution >= 0.6 is 0 Å². The average molecular weight is 227 g/mol. The van der Waals surface area contributed by atoms with Gasteiger partial charge >= 0.3 is 0 Å². The molecule has 0 saturated heterocycles. The molecule has 0 N–H and O–H groups in total. The Labute approximate surface area is 97.3 Å². The van der Waals surface area contributed by atoms with Crippen LogP contribution in [-0.4, -0.2) is 15.1 Å². The minimum atomic E-state index is -0.512. The van der Waals surface area contributed by atoms with Crippen molar-refractivity contribution in [3.63, 3.8) is 0 Å². The molecule has 1 saturated carbocycles. The molecule has 0 heterocycles. The van der Waals surface area contributed by atoms with Crippen molar-refractivity contribution in [3.8, 4) is 0 Å². The van der Waals surface area contributed by atoms with Crippen LogP contribution in [0.5, 0.6) is 0 Å². The molecule has 0 aromatic carbocycles. The maximum atomic E-state index is 6.19. The van der Waals surface area contributed by atoms with Crippen LogP contribution in [0.2, 0.25) is 13.1 Å². The second-order valence-electron chi connectivity index (χ2n) is 5.10.